The first-order valence-electron chi connectivity index (χ1n) is 9.27. The van der Waals surface area contributed by atoms with Crippen molar-refractivity contribution in [3.8, 4) is 17.4 Å². The number of nitrogens with zero attached hydrogens (tertiary/aromatic N) is 5. The number of hydrogen-bond acceptors (Lipinski definition) is 8. The number of carbonyl (C=O) groups is 1. The molecule has 0 atom stereocenters. The number of ether oxygens (including phenoxy) is 2. The van der Waals surface area contributed by atoms with Crippen molar-refractivity contribution in [2.75, 3.05) is 32.4 Å². The summed E-state index contributed by atoms with van der Waals surface area (Å²) in [5.41, 5.74) is 2.80. The van der Waals surface area contributed by atoms with E-state index >= 15 is 0 Å². The van der Waals surface area contributed by atoms with Crippen molar-refractivity contribution in [3.63, 3.8) is 0 Å². The van der Waals surface area contributed by atoms with E-state index in [-0.39, 0.29) is 11.7 Å². The summed E-state index contributed by atoms with van der Waals surface area (Å²) in [7, 11) is 3.19. The van der Waals surface area contributed by atoms with Gasteiger partial charge in [-0.25, -0.2) is 9.36 Å². The lowest BCUT2D eigenvalue weighted by molar-refractivity contribution is -0.118. The van der Waals surface area contributed by atoms with E-state index in [1.54, 1.807) is 18.9 Å². The van der Waals surface area contributed by atoms with Crippen LogP contribution in [0.2, 0.25) is 0 Å². The average molecular weight is 432 g/mol. The van der Waals surface area contributed by atoms with Gasteiger partial charge in [0, 0.05) is 12.2 Å². The minimum absolute atomic E-state index is 0.115. The van der Waals surface area contributed by atoms with Gasteiger partial charge < -0.3 is 20.6 Å². The number of aromatic nitrogens is 5. The average Bonchev–Trinajstić information content (AvgIpc) is 3.26. The molecule has 0 saturated carbocycles. The molecule has 0 fully saturated rings. The van der Waals surface area contributed by atoms with E-state index in [0.29, 0.717) is 35.6 Å². The van der Waals surface area contributed by atoms with Crippen LogP contribution in [-0.2, 0) is 11.2 Å². The predicted octanol–water partition coefficient (Wildman–Crippen LogP) is 1.26. The Morgan fingerprint density at radius 2 is 1.93 bits per heavy atom. The van der Waals surface area contributed by atoms with Crippen LogP contribution in [0.4, 0.5) is 0 Å². The number of amides is 1. The van der Waals surface area contributed by atoms with Crippen molar-refractivity contribution in [2.45, 2.75) is 25.4 Å². The van der Waals surface area contributed by atoms with Crippen LogP contribution in [0.1, 0.15) is 17.0 Å². The lowest BCUT2D eigenvalue weighted by Crippen LogP contribution is -2.27. The normalized spacial score (nSPS) is 10.8. The Morgan fingerprint density at radius 3 is 2.60 bits per heavy atom. The van der Waals surface area contributed by atoms with Crippen molar-refractivity contribution in [2.24, 2.45) is 0 Å². The van der Waals surface area contributed by atoms with E-state index in [4.69, 9.17) is 15.3 Å². The molecule has 1 amide bonds. The topological polar surface area (TPSA) is 122 Å². The molecule has 0 aliphatic carbocycles. The summed E-state index contributed by atoms with van der Waals surface area (Å²) in [6.45, 7) is 4.30. The first-order valence-corrected chi connectivity index (χ1v) is 10.3. The van der Waals surface area contributed by atoms with Gasteiger partial charge in [0.1, 0.15) is 0 Å². The lowest BCUT2D eigenvalue weighted by atomic mass is 10.1. The van der Waals surface area contributed by atoms with Gasteiger partial charge in [-0.1, -0.05) is 17.8 Å². The fourth-order valence-electron chi connectivity index (χ4n) is 2.91. The fourth-order valence-corrected chi connectivity index (χ4v) is 3.59. The van der Waals surface area contributed by atoms with Gasteiger partial charge in [-0.2, -0.15) is 5.10 Å². The number of rotatable bonds is 9. The van der Waals surface area contributed by atoms with Crippen LogP contribution in [0.5, 0.6) is 11.5 Å². The van der Waals surface area contributed by atoms with E-state index in [1.165, 1.54) is 16.4 Å². The Kier molecular flexibility index (Phi) is 6.83. The highest BCUT2D eigenvalue weighted by Gasteiger charge is 2.16. The van der Waals surface area contributed by atoms with Gasteiger partial charge in [0.25, 0.3) is 5.95 Å². The number of thioether (sulfide) groups is 1. The number of carbonyl (C=O) groups excluding carboxylic acids is 1. The van der Waals surface area contributed by atoms with Crippen LogP contribution in [0.3, 0.4) is 0 Å². The molecule has 0 aliphatic heterocycles. The standard InChI is InChI=1S/C19H25N7O3S/c1-12-9-13(2)26(24-12)18-22-23-19(25(18)20)30-11-17(27)21-8-7-14-5-6-15(28-3)16(10-14)29-4/h5-6,9-10H,7-8,11,20H2,1-4H3,(H,21,27). The molecular weight excluding hydrogens is 406 g/mol. The molecule has 0 spiro atoms. The molecule has 0 unspecified atom stereocenters. The summed E-state index contributed by atoms with van der Waals surface area (Å²) in [4.78, 5) is 12.2. The number of nitrogen functional groups attached to an aromatic ring is 1. The molecule has 11 heteroatoms. The number of aryl methyl sites for hydroxylation is 2. The Labute approximate surface area is 178 Å². The maximum atomic E-state index is 12.2. The summed E-state index contributed by atoms with van der Waals surface area (Å²) in [5.74, 6) is 7.89. The van der Waals surface area contributed by atoms with Crippen LogP contribution >= 0.6 is 11.8 Å². The van der Waals surface area contributed by atoms with Crippen molar-refractivity contribution in [1.29, 1.82) is 0 Å². The van der Waals surface area contributed by atoms with Crippen molar-refractivity contribution < 1.29 is 14.3 Å². The van der Waals surface area contributed by atoms with Gasteiger partial charge in [-0.15, -0.1) is 10.2 Å². The first kappa shape index (κ1) is 21.5. The smallest absolute Gasteiger partial charge is 0.271 e. The Bertz CT molecular complexity index is 1030. The zero-order valence-corrected chi connectivity index (χ0v) is 18.2. The largest absolute Gasteiger partial charge is 0.493 e. The van der Waals surface area contributed by atoms with E-state index in [2.05, 4.69) is 20.6 Å². The maximum Gasteiger partial charge on any atom is 0.271 e. The highest BCUT2D eigenvalue weighted by atomic mass is 32.2. The van der Waals surface area contributed by atoms with Crippen LogP contribution in [-0.4, -0.2) is 57.1 Å². The number of methoxy groups -OCH3 is 2. The van der Waals surface area contributed by atoms with Gasteiger partial charge in [-0.05, 0) is 44.0 Å². The summed E-state index contributed by atoms with van der Waals surface area (Å²) >= 11 is 1.22. The molecule has 0 saturated heterocycles. The van der Waals surface area contributed by atoms with Crippen molar-refractivity contribution in [3.05, 3.63) is 41.2 Å². The molecule has 3 aromatic rings. The molecule has 0 aliphatic rings. The molecule has 2 heterocycles. The monoisotopic (exact) mass is 431 g/mol. The van der Waals surface area contributed by atoms with Crippen LogP contribution in [0.25, 0.3) is 5.95 Å². The molecule has 30 heavy (non-hydrogen) atoms. The lowest BCUT2D eigenvalue weighted by Gasteiger charge is -2.10. The summed E-state index contributed by atoms with van der Waals surface area (Å²) in [5, 5.41) is 15.8. The number of nitrogens with one attached hydrogen (secondary N) is 1. The second kappa shape index (κ2) is 9.53. The third-order valence-electron chi connectivity index (χ3n) is 4.36. The van der Waals surface area contributed by atoms with E-state index in [9.17, 15) is 4.79 Å². The molecule has 10 nitrogen and oxygen atoms in total. The Balaban J connectivity index is 1.50. The zero-order valence-electron chi connectivity index (χ0n) is 17.4. The van der Waals surface area contributed by atoms with Crippen LogP contribution < -0.4 is 20.6 Å². The van der Waals surface area contributed by atoms with Gasteiger partial charge in [0.05, 0.1) is 25.7 Å². The van der Waals surface area contributed by atoms with Gasteiger partial charge >= 0.3 is 0 Å². The van der Waals surface area contributed by atoms with Crippen molar-refractivity contribution in [1.82, 2.24) is 30.0 Å². The molecule has 160 valence electrons. The Morgan fingerprint density at radius 1 is 1.17 bits per heavy atom. The quantitative estimate of drug-likeness (QED) is 0.384. The van der Waals surface area contributed by atoms with E-state index in [1.807, 2.05) is 38.1 Å². The molecule has 1 aromatic carbocycles. The minimum atomic E-state index is -0.115. The van der Waals surface area contributed by atoms with Crippen molar-refractivity contribution >= 4 is 17.7 Å². The highest BCUT2D eigenvalue weighted by Crippen LogP contribution is 2.27. The molecule has 0 radical (unpaired) electrons. The Hall–Kier alpha value is -3.21. The second-order valence-electron chi connectivity index (χ2n) is 6.57. The third kappa shape index (κ3) is 4.85. The number of nitrogens with two attached hydrogens (primary N) is 1. The molecule has 0 bridgehead atoms. The molecule has 3 rings (SSSR count). The maximum absolute atomic E-state index is 12.2. The van der Waals surface area contributed by atoms with Gasteiger partial charge in [-0.3, -0.25) is 4.79 Å². The zero-order chi connectivity index (χ0) is 21.7. The van der Waals surface area contributed by atoms with Gasteiger partial charge in [0.15, 0.2) is 11.5 Å². The van der Waals surface area contributed by atoms with Gasteiger partial charge in [0.2, 0.25) is 11.1 Å². The third-order valence-corrected chi connectivity index (χ3v) is 5.30. The molecule has 2 aromatic heterocycles. The summed E-state index contributed by atoms with van der Waals surface area (Å²) in [6, 6.07) is 7.62. The first-order chi connectivity index (χ1) is 14.4. The fraction of sp³-hybridized carbons (Fsp3) is 0.368. The summed E-state index contributed by atoms with van der Waals surface area (Å²) in [6.07, 6.45) is 0.673. The van der Waals surface area contributed by atoms with Crippen LogP contribution in [0, 0.1) is 13.8 Å². The number of hydrogen-bond donors (Lipinski definition) is 2. The van der Waals surface area contributed by atoms with Crippen LogP contribution in [0.15, 0.2) is 29.4 Å². The van der Waals surface area contributed by atoms with E-state index < -0.39 is 0 Å². The predicted molar refractivity (Wildman–Crippen MR) is 114 cm³/mol. The summed E-state index contributed by atoms with van der Waals surface area (Å²) < 4.78 is 13.5. The van der Waals surface area contributed by atoms with E-state index in [0.717, 1.165) is 17.0 Å². The minimum Gasteiger partial charge on any atom is -0.493 e. The molecule has 3 N–H and O–H groups in total. The SMILES string of the molecule is COc1ccc(CCNC(=O)CSc2nnc(-n3nc(C)cc3C)n2N)cc1OC. The number of benzene rings is 1. The molecular formula is C19H25N7O3S. The highest BCUT2D eigenvalue weighted by molar-refractivity contribution is 7.99. The second-order valence-corrected chi connectivity index (χ2v) is 7.51.